The first-order chi connectivity index (χ1) is 10.8. The molecule has 1 aromatic rings. The zero-order valence-corrected chi connectivity index (χ0v) is 14.3. The van der Waals surface area contributed by atoms with Crippen LogP contribution in [0.1, 0.15) is 32.3 Å². The molecule has 0 fully saturated rings. The van der Waals surface area contributed by atoms with Crippen molar-refractivity contribution in [1.29, 1.82) is 0 Å². The van der Waals surface area contributed by atoms with Crippen LogP contribution in [-0.4, -0.2) is 32.6 Å². The van der Waals surface area contributed by atoms with Gasteiger partial charge in [-0.1, -0.05) is 43.3 Å². The molecule has 0 bridgehead atoms. The van der Waals surface area contributed by atoms with Crippen LogP contribution in [0.25, 0.3) is 0 Å². The molecule has 0 aliphatic carbocycles. The van der Waals surface area contributed by atoms with E-state index in [1.165, 1.54) is 12.7 Å². The Kier molecular flexibility index (Phi) is 13.0. The maximum atomic E-state index is 5.63. The van der Waals surface area contributed by atoms with Crippen LogP contribution in [0.5, 0.6) is 5.75 Å². The van der Waals surface area contributed by atoms with Gasteiger partial charge in [-0.15, -0.1) is 0 Å². The standard InChI is InChI=1S/C16H23NO3.C2H6/c1-4-15(17-18-3)13-19-11-5-6-12-20-16-9-7-14(2)8-10-16;1-2/h4,7-10H,1,5-6,11-13H2,2-3H3;1-2H3/b17-15+;. The second-order valence-corrected chi connectivity index (χ2v) is 4.39. The predicted molar refractivity (Wildman–Crippen MR) is 92.7 cm³/mol. The minimum Gasteiger partial charge on any atom is -0.494 e. The van der Waals surface area contributed by atoms with Crippen molar-refractivity contribution in [2.75, 3.05) is 26.9 Å². The average Bonchev–Trinajstić information content (AvgIpc) is 2.56. The first-order valence-corrected chi connectivity index (χ1v) is 7.76. The average molecular weight is 307 g/mol. The Balaban J connectivity index is 0.00000211. The summed E-state index contributed by atoms with van der Waals surface area (Å²) in [5.41, 5.74) is 1.94. The molecule has 0 unspecified atom stereocenters. The van der Waals surface area contributed by atoms with Crippen LogP contribution >= 0.6 is 0 Å². The Hall–Kier alpha value is -1.81. The normalized spacial score (nSPS) is 10.5. The fraction of sp³-hybridized carbons (Fsp3) is 0.500. The van der Waals surface area contributed by atoms with E-state index in [2.05, 4.69) is 23.5 Å². The Morgan fingerprint density at radius 2 is 1.77 bits per heavy atom. The molecule has 22 heavy (non-hydrogen) atoms. The lowest BCUT2D eigenvalue weighted by Crippen LogP contribution is -2.08. The summed E-state index contributed by atoms with van der Waals surface area (Å²) in [5, 5.41) is 3.77. The van der Waals surface area contributed by atoms with Gasteiger partial charge in [-0.3, -0.25) is 0 Å². The van der Waals surface area contributed by atoms with Crippen LogP contribution < -0.4 is 4.74 Å². The molecular weight excluding hydrogens is 278 g/mol. The van der Waals surface area contributed by atoms with Gasteiger partial charge in [0.25, 0.3) is 0 Å². The number of oxime groups is 1. The van der Waals surface area contributed by atoms with Crippen molar-refractivity contribution in [2.24, 2.45) is 5.16 Å². The molecule has 0 amide bonds. The summed E-state index contributed by atoms with van der Waals surface area (Å²) in [6.07, 6.45) is 3.53. The van der Waals surface area contributed by atoms with Gasteiger partial charge in [0.15, 0.2) is 0 Å². The van der Waals surface area contributed by atoms with Gasteiger partial charge in [0.05, 0.1) is 13.2 Å². The zero-order chi connectivity index (χ0) is 16.6. The van der Waals surface area contributed by atoms with Crippen molar-refractivity contribution < 1.29 is 14.3 Å². The SMILES string of the molecule is C=C/C(COCCCCOc1ccc(C)cc1)=N\OC.CC. The molecule has 1 rings (SSSR count). The molecule has 0 spiro atoms. The van der Waals surface area contributed by atoms with Crippen molar-refractivity contribution in [1.82, 2.24) is 0 Å². The lowest BCUT2D eigenvalue weighted by atomic mass is 10.2. The number of unbranched alkanes of at least 4 members (excludes halogenated alkanes) is 1. The van der Waals surface area contributed by atoms with Crippen LogP contribution in [0.4, 0.5) is 0 Å². The molecule has 0 aromatic heterocycles. The highest BCUT2D eigenvalue weighted by Gasteiger charge is 1.97. The Labute approximate surface area is 134 Å². The lowest BCUT2D eigenvalue weighted by molar-refractivity contribution is 0.154. The van der Waals surface area contributed by atoms with Gasteiger partial charge in [-0.25, -0.2) is 0 Å². The molecule has 0 saturated heterocycles. The summed E-state index contributed by atoms with van der Waals surface area (Å²) in [4.78, 5) is 4.66. The van der Waals surface area contributed by atoms with Gasteiger partial charge in [0.2, 0.25) is 0 Å². The summed E-state index contributed by atoms with van der Waals surface area (Å²) < 4.78 is 11.1. The summed E-state index contributed by atoms with van der Waals surface area (Å²) >= 11 is 0. The summed E-state index contributed by atoms with van der Waals surface area (Å²) in [5.74, 6) is 0.915. The molecule has 0 atom stereocenters. The first kappa shape index (κ1) is 20.2. The minimum absolute atomic E-state index is 0.427. The molecule has 0 N–H and O–H groups in total. The number of nitrogens with zero attached hydrogens (tertiary/aromatic N) is 1. The molecule has 0 radical (unpaired) electrons. The molecule has 0 aliphatic heterocycles. The minimum atomic E-state index is 0.427. The summed E-state index contributed by atoms with van der Waals surface area (Å²) in [7, 11) is 1.51. The van der Waals surface area contributed by atoms with Gasteiger partial charge in [0.1, 0.15) is 18.6 Å². The van der Waals surface area contributed by atoms with E-state index in [1.54, 1.807) is 6.08 Å². The number of rotatable bonds is 10. The van der Waals surface area contributed by atoms with Crippen molar-refractivity contribution in [2.45, 2.75) is 33.6 Å². The van der Waals surface area contributed by atoms with Gasteiger partial charge in [0, 0.05) is 6.61 Å². The maximum Gasteiger partial charge on any atom is 0.119 e. The van der Waals surface area contributed by atoms with E-state index in [-0.39, 0.29) is 0 Å². The van der Waals surface area contributed by atoms with E-state index in [9.17, 15) is 0 Å². The van der Waals surface area contributed by atoms with Gasteiger partial charge >= 0.3 is 0 Å². The van der Waals surface area contributed by atoms with Crippen LogP contribution in [0.15, 0.2) is 42.1 Å². The fourth-order valence-corrected chi connectivity index (χ4v) is 1.55. The fourth-order valence-electron chi connectivity index (χ4n) is 1.55. The smallest absolute Gasteiger partial charge is 0.119 e. The first-order valence-electron chi connectivity index (χ1n) is 7.76. The van der Waals surface area contributed by atoms with Crippen molar-refractivity contribution in [3.8, 4) is 5.75 Å². The predicted octanol–water partition coefficient (Wildman–Crippen LogP) is 4.39. The summed E-state index contributed by atoms with van der Waals surface area (Å²) in [6.45, 7) is 11.5. The van der Waals surface area contributed by atoms with Gasteiger partial charge in [-0.05, 0) is 38.0 Å². The van der Waals surface area contributed by atoms with Crippen LogP contribution in [0, 0.1) is 6.92 Å². The maximum absolute atomic E-state index is 5.63. The van der Waals surface area contributed by atoms with E-state index in [0.29, 0.717) is 25.5 Å². The highest BCUT2D eigenvalue weighted by molar-refractivity contribution is 5.95. The second-order valence-electron chi connectivity index (χ2n) is 4.39. The Morgan fingerprint density at radius 3 is 2.36 bits per heavy atom. The van der Waals surface area contributed by atoms with E-state index in [4.69, 9.17) is 9.47 Å². The van der Waals surface area contributed by atoms with Gasteiger partial charge < -0.3 is 14.3 Å². The van der Waals surface area contributed by atoms with E-state index in [0.717, 1.165) is 18.6 Å². The number of hydrogen-bond donors (Lipinski definition) is 0. The third-order valence-electron chi connectivity index (χ3n) is 2.67. The third-order valence-corrected chi connectivity index (χ3v) is 2.67. The Bertz CT molecular complexity index is 413. The van der Waals surface area contributed by atoms with E-state index >= 15 is 0 Å². The van der Waals surface area contributed by atoms with Crippen LogP contribution in [0.3, 0.4) is 0 Å². The number of benzene rings is 1. The van der Waals surface area contributed by atoms with Crippen LogP contribution in [-0.2, 0) is 9.57 Å². The number of ether oxygens (including phenoxy) is 2. The number of hydrogen-bond acceptors (Lipinski definition) is 4. The molecular formula is C18H29NO3. The topological polar surface area (TPSA) is 40.0 Å². The molecule has 4 nitrogen and oxygen atoms in total. The Morgan fingerprint density at radius 1 is 1.14 bits per heavy atom. The highest BCUT2D eigenvalue weighted by atomic mass is 16.6. The van der Waals surface area contributed by atoms with E-state index in [1.807, 2.05) is 38.1 Å². The molecule has 1 aromatic carbocycles. The largest absolute Gasteiger partial charge is 0.494 e. The molecule has 4 heteroatoms. The highest BCUT2D eigenvalue weighted by Crippen LogP contribution is 2.11. The van der Waals surface area contributed by atoms with Crippen LogP contribution in [0.2, 0.25) is 0 Å². The van der Waals surface area contributed by atoms with Crippen molar-refractivity contribution >= 4 is 5.71 Å². The zero-order valence-electron chi connectivity index (χ0n) is 14.3. The molecule has 0 saturated carbocycles. The van der Waals surface area contributed by atoms with Crippen molar-refractivity contribution in [3.63, 3.8) is 0 Å². The summed E-state index contributed by atoms with van der Waals surface area (Å²) in [6, 6.07) is 8.07. The molecule has 0 heterocycles. The number of aryl methyl sites for hydroxylation is 1. The third kappa shape index (κ3) is 10.00. The second kappa shape index (κ2) is 14.1. The molecule has 0 aliphatic rings. The van der Waals surface area contributed by atoms with Crippen molar-refractivity contribution in [3.05, 3.63) is 42.5 Å². The monoisotopic (exact) mass is 307 g/mol. The lowest BCUT2D eigenvalue weighted by Gasteiger charge is -2.07. The quantitative estimate of drug-likeness (QED) is 0.366. The van der Waals surface area contributed by atoms with Gasteiger partial charge in [-0.2, -0.15) is 0 Å². The molecule has 124 valence electrons. The van der Waals surface area contributed by atoms with E-state index < -0.39 is 0 Å².